The molecule has 1 amide bonds. The molecular formula is C23H30N2O2. The van der Waals surface area contributed by atoms with E-state index < -0.39 is 0 Å². The second kappa shape index (κ2) is 9.56. The van der Waals surface area contributed by atoms with E-state index in [0.717, 1.165) is 43.8 Å². The number of ether oxygens (including phenoxy) is 1. The van der Waals surface area contributed by atoms with Crippen LogP contribution in [-0.4, -0.2) is 30.5 Å². The molecule has 1 aliphatic rings. The van der Waals surface area contributed by atoms with Crippen LogP contribution in [0.1, 0.15) is 43.9 Å². The van der Waals surface area contributed by atoms with Crippen LogP contribution in [0.2, 0.25) is 0 Å². The van der Waals surface area contributed by atoms with Gasteiger partial charge < -0.3 is 10.1 Å². The third-order valence-electron chi connectivity index (χ3n) is 5.28. The van der Waals surface area contributed by atoms with Crippen molar-refractivity contribution < 1.29 is 9.53 Å². The summed E-state index contributed by atoms with van der Waals surface area (Å²) in [6.07, 6.45) is 1.81. The number of para-hydroxylation sites is 1. The Kier molecular flexibility index (Phi) is 6.88. The number of rotatable bonds is 7. The highest BCUT2D eigenvalue weighted by Crippen LogP contribution is 2.24. The van der Waals surface area contributed by atoms with Gasteiger partial charge in [0.25, 0.3) is 0 Å². The predicted octanol–water partition coefficient (Wildman–Crippen LogP) is 4.17. The van der Waals surface area contributed by atoms with Crippen molar-refractivity contribution in [2.24, 2.45) is 5.92 Å². The van der Waals surface area contributed by atoms with E-state index in [1.807, 2.05) is 44.2 Å². The number of likely N-dealkylation sites (tertiary alicyclic amines) is 1. The maximum atomic E-state index is 12.6. The number of hydrogen-bond donors (Lipinski definition) is 1. The van der Waals surface area contributed by atoms with E-state index in [-0.39, 0.29) is 17.9 Å². The second-order valence-electron chi connectivity index (χ2n) is 7.23. The van der Waals surface area contributed by atoms with Crippen LogP contribution in [0, 0.1) is 5.92 Å². The lowest BCUT2D eigenvalue weighted by Crippen LogP contribution is -2.40. The fourth-order valence-corrected chi connectivity index (χ4v) is 3.68. The molecule has 1 fully saturated rings. The largest absolute Gasteiger partial charge is 0.494 e. The molecule has 1 heterocycles. The van der Waals surface area contributed by atoms with Gasteiger partial charge in [-0.3, -0.25) is 9.69 Å². The summed E-state index contributed by atoms with van der Waals surface area (Å²) in [5.41, 5.74) is 2.37. The minimum Gasteiger partial charge on any atom is -0.494 e. The summed E-state index contributed by atoms with van der Waals surface area (Å²) in [6.45, 7) is 7.50. The number of amides is 1. The quantitative estimate of drug-likeness (QED) is 0.799. The first-order chi connectivity index (χ1) is 13.2. The monoisotopic (exact) mass is 366 g/mol. The van der Waals surface area contributed by atoms with E-state index in [1.54, 1.807) is 0 Å². The topological polar surface area (TPSA) is 41.6 Å². The molecule has 0 spiro atoms. The zero-order valence-electron chi connectivity index (χ0n) is 16.4. The fourth-order valence-electron chi connectivity index (χ4n) is 3.68. The van der Waals surface area contributed by atoms with Gasteiger partial charge in [-0.2, -0.15) is 0 Å². The Morgan fingerprint density at radius 2 is 1.78 bits per heavy atom. The minimum absolute atomic E-state index is 0.0507. The lowest BCUT2D eigenvalue weighted by molar-refractivity contribution is -0.127. The minimum atomic E-state index is 0.0507. The zero-order valence-corrected chi connectivity index (χ0v) is 16.4. The third-order valence-corrected chi connectivity index (χ3v) is 5.28. The Morgan fingerprint density at radius 3 is 2.48 bits per heavy atom. The number of benzene rings is 2. The van der Waals surface area contributed by atoms with Gasteiger partial charge in [-0.1, -0.05) is 48.5 Å². The number of carbonyl (C=O) groups excluding carboxylic acids is 1. The second-order valence-corrected chi connectivity index (χ2v) is 7.23. The summed E-state index contributed by atoms with van der Waals surface area (Å²) in [4.78, 5) is 15.1. The van der Waals surface area contributed by atoms with Gasteiger partial charge in [-0.05, 0) is 51.4 Å². The van der Waals surface area contributed by atoms with Crippen LogP contribution < -0.4 is 10.1 Å². The summed E-state index contributed by atoms with van der Waals surface area (Å²) >= 11 is 0. The molecule has 0 radical (unpaired) electrons. The highest BCUT2D eigenvalue weighted by Gasteiger charge is 2.26. The van der Waals surface area contributed by atoms with Crippen molar-refractivity contribution in [2.45, 2.75) is 39.3 Å². The summed E-state index contributed by atoms with van der Waals surface area (Å²) in [6, 6.07) is 18.4. The molecule has 0 aromatic heterocycles. The molecule has 2 aromatic rings. The molecule has 4 heteroatoms. The van der Waals surface area contributed by atoms with Crippen LogP contribution in [0.5, 0.6) is 5.75 Å². The highest BCUT2D eigenvalue weighted by molar-refractivity contribution is 5.79. The Balaban J connectivity index is 1.49. The average molecular weight is 367 g/mol. The van der Waals surface area contributed by atoms with Crippen molar-refractivity contribution in [1.82, 2.24) is 10.2 Å². The molecule has 1 aliphatic heterocycles. The molecule has 3 rings (SSSR count). The van der Waals surface area contributed by atoms with Crippen LogP contribution in [0.25, 0.3) is 0 Å². The van der Waals surface area contributed by atoms with Crippen LogP contribution in [0.4, 0.5) is 0 Å². The Morgan fingerprint density at radius 1 is 1.11 bits per heavy atom. The molecule has 0 bridgehead atoms. The molecule has 1 unspecified atom stereocenters. The van der Waals surface area contributed by atoms with Gasteiger partial charge in [0.05, 0.1) is 12.6 Å². The fraction of sp³-hybridized carbons (Fsp3) is 0.435. The van der Waals surface area contributed by atoms with Gasteiger partial charge in [0.15, 0.2) is 0 Å². The summed E-state index contributed by atoms with van der Waals surface area (Å²) < 4.78 is 5.73. The van der Waals surface area contributed by atoms with Crippen molar-refractivity contribution in [3.63, 3.8) is 0 Å². The van der Waals surface area contributed by atoms with E-state index >= 15 is 0 Å². The maximum Gasteiger partial charge on any atom is 0.223 e. The van der Waals surface area contributed by atoms with Gasteiger partial charge in [0.2, 0.25) is 5.91 Å². The van der Waals surface area contributed by atoms with Crippen molar-refractivity contribution in [1.29, 1.82) is 0 Å². The highest BCUT2D eigenvalue weighted by atomic mass is 16.5. The van der Waals surface area contributed by atoms with E-state index in [9.17, 15) is 4.79 Å². The average Bonchev–Trinajstić information content (AvgIpc) is 2.71. The molecule has 0 saturated carbocycles. The van der Waals surface area contributed by atoms with E-state index in [0.29, 0.717) is 6.61 Å². The number of hydrogen-bond acceptors (Lipinski definition) is 3. The standard InChI is InChI=1S/C23H30N2O2/c1-3-27-22-12-8-7-11-21(22)17-25-15-13-20(14-16-25)23(26)24-18(2)19-9-5-4-6-10-19/h4-12,18,20H,3,13-17H2,1-2H3,(H,24,26). The van der Waals surface area contributed by atoms with Crippen LogP contribution >= 0.6 is 0 Å². The first kappa shape index (κ1) is 19.4. The number of piperidine rings is 1. The molecule has 144 valence electrons. The lowest BCUT2D eigenvalue weighted by atomic mass is 9.94. The normalized spacial score (nSPS) is 16.7. The SMILES string of the molecule is CCOc1ccccc1CN1CCC(C(=O)NC(C)c2ccccc2)CC1. The zero-order chi connectivity index (χ0) is 19.1. The first-order valence-corrected chi connectivity index (χ1v) is 9.95. The van der Waals surface area contributed by atoms with Crippen molar-refractivity contribution in [2.75, 3.05) is 19.7 Å². The van der Waals surface area contributed by atoms with Gasteiger partial charge in [0.1, 0.15) is 5.75 Å². The van der Waals surface area contributed by atoms with Crippen molar-refractivity contribution in [3.8, 4) is 5.75 Å². The third kappa shape index (κ3) is 5.33. The van der Waals surface area contributed by atoms with Crippen LogP contribution in [-0.2, 0) is 11.3 Å². The van der Waals surface area contributed by atoms with Gasteiger partial charge in [0, 0.05) is 18.0 Å². The molecule has 1 saturated heterocycles. The van der Waals surface area contributed by atoms with Crippen molar-refractivity contribution in [3.05, 3.63) is 65.7 Å². The van der Waals surface area contributed by atoms with Crippen molar-refractivity contribution >= 4 is 5.91 Å². The molecule has 1 atom stereocenters. The van der Waals surface area contributed by atoms with Gasteiger partial charge in [-0.25, -0.2) is 0 Å². The predicted molar refractivity (Wildman–Crippen MR) is 109 cm³/mol. The van der Waals surface area contributed by atoms with Crippen LogP contribution in [0.3, 0.4) is 0 Å². The number of nitrogens with zero attached hydrogens (tertiary/aromatic N) is 1. The Bertz CT molecular complexity index is 724. The Labute approximate surface area is 162 Å². The molecule has 4 nitrogen and oxygen atoms in total. The summed E-state index contributed by atoms with van der Waals surface area (Å²) in [7, 11) is 0. The molecule has 27 heavy (non-hydrogen) atoms. The maximum absolute atomic E-state index is 12.6. The summed E-state index contributed by atoms with van der Waals surface area (Å²) in [5, 5.41) is 3.18. The Hall–Kier alpha value is -2.33. The van der Waals surface area contributed by atoms with E-state index in [4.69, 9.17) is 4.74 Å². The number of nitrogens with one attached hydrogen (secondary N) is 1. The van der Waals surface area contributed by atoms with Gasteiger partial charge >= 0.3 is 0 Å². The summed E-state index contributed by atoms with van der Waals surface area (Å²) in [5.74, 6) is 1.26. The van der Waals surface area contributed by atoms with Crippen LogP contribution in [0.15, 0.2) is 54.6 Å². The molecule has 1 N–H and O–H groups in total. The number of carbonyl (C=O) groups is 1. The first-order valence-electron chi connectivity index (χ1n) is 9.95. The van der Waals surface area contributed by atoms with E-state index in [2.05, 4.69) is 34.5 Å². The molecule has 2 aromatic carbocycles. The smallest absolute Gasteiger partial charge is 0.223 e. The van der Waals surface area contributed by atoms with Gasteiger partial charge in [-0.15, -0.1) is 0 Å². The lowest BCUT2D eigenvalue weighted by Gasteiger charge is -2.32. The molecular weight excluding hydrogens is 336 g/mol. The molecule has 0 aliphatic carbocycles. The van der Waals surface area contributed by atoms with E-state index in [1.165, 1.54) is 5.56 Å².